The predicted molar refractivity (Wildman–Crippen MR) is 101 cm³/mol. The maximum absolute atomic E-state index is 10.5. The van der Waals surface area contributed by atoms with Gasteiger partial charge < -0.3 is 9.94 Å². The average molecular weight is 431 g/mol. The SMILES string of the molecule is CCC(=NOC)[C@H]1[C@H](c2ccc(I)cc2)CC2CC(O)[C@@H]1S2. The van der Waals surface area contributed by atoms with Gasteiger partial charge in [-0.05, 0) is 65.5 Å². The van der Waals surface area contributed by atoms with E-state index < -0.39 is 0 Å². The molecule has 2 fully saturated rings. The second kappa shape index (κ2) is 7.09. The molecule has 0 aliphatic carbocycles. The van der Waals surface area contributed by atoms with Crippen LogP contribution in [0.3, 0.4) is 0 Å². The molecule has 1 aromatic carbocycles. The Balaban J connectivity index is 1.98. The number of thioether (sulfide) groups is 1. The predicted octanol–water partition coefficient (Wildman–Crippen LogP) is 4.04. The van der Waals surface area contributed by atoms with E-state index in [1.54, 1.807) is 7.11 Å². The first-order valence-corrected chi connectivity index (χ1v) is 9.85. The van der Waals surface area contributed by atoms with E-state index in [1.807, 2.05) is 11.8 Å². The van der Waals surface area contributed by atoms with Crippen molar-refractivity contribution >= 4 is 40.1 Å². The Morgan fingerprint density at radius 1 is 1.36 bits per heavy atom. The molecule has 1 aromatic rings. The highest BCUT2D eigenvalue weighted by Gasteiger charge is 2.49. The Labute approximate surface area is 150 Å². The summed E-state index contributed by atoms with van der Waals surface area (Å²) >= 11 is 4.29. The lowest BCUT2D eigenvalue weighted by Gasteiger charge is -2.37. The molecule has 2 heterocycles. The minimum absolute atomic E-state index is 0.220. The molecule has 1 N–H and O–H groups in total. The first-order chi connectivity index (χ1) is 10.6. The fraction of sp³-hybridized carbons (Fsp3) is 0.588. The normalized spacial score (nSPS) is 34.7. The summed E-state index contributed by atoms with van der Waals surface area (Å²) in [6, 6.07) is 8.82. The number of aliphatic hydroxyl groups excluding tert-OH is 1. The van der Waals surface area contributed by atoms with Gasteiger partial charge >= 0.3 is 0 Å². The van der Waals surface area contributed by atoms with Crippen molar-refractivity contribution in [2.45, 2.75) is 48.7 Å². The number of nitrogens with zero attached hydrogens (tertiary/aromatic N) is 1. The molecule has 22 heavy (non-hydrogen) atoms. The number of aliphatic hydroxyl groups is 1. The molecular weight excluding hydrogens is 409 g/mol. The quantitative estimate of drug-likeness (QED) is 0.445. The molecule has 2 aliphatic rings. The lowest BCUT2D eigenvalue weighted by atomic mass is 9.78. The Kier molecular flexibility index (Phi) is 5.35. The molecule has 2 bridgehead atoms. The van der Waals surface area contributed by atoms with E-state index in [-0.39, 0.29) is 17.3 Å². The van der Waals surface area contributed by atoms with Crippen LogP contribution in [0.1, 0.15) is 37.7 Å². The van der Waals surface area contributed by atoms with E-state index >= 15 is 0 Å². The van der Waals surface area contributed by atoms with Gasteiger partial charge in [0.2, 0.25) is 0 Å². The highest BCUT2D eigenvalue weighted by atomic mass is 127. The van der Waals surface area contributed by atoms with Crippen molar-refractivity contribution in [1.29, 1.82) is 0 Å². The van der Waals surface area contributed by atoms with Gasteiger partial charge in [-0.3, -0.25) is 0 Å². The van der Waals surface area contributed by atoms with Gasteiger partial charge in [0.1, 0.15) is 7.11 Å². The van der Waals surface area contributed by atoms with Crippen LogP contribution < -0.4 is 0 Å². The van der Waals surface area contributed by atoms with E-state index in [0.29, 0.717) is 11.2 Å². The Bertz CT molecular complexity index is 548. The summed E-state index contributed by atoms with van der Waals surface area (Å²) in [5.41, 5.74) is 2.45. The molecular formula is C17H22INO2S. The van der Waals surface area contributed by atoms with Crippen LogP contribution in [0.2, 0.25) is 0 Å². The zero-order valence-electron chi connectivity index (χ0n) is 12.9. The van der Waals surface area contributed by atoms with Crippen molar-refractivity contribution in [3.05, 3.63) is 33.4 Å². The minimum atomic E-state index is -0.220. The zero-order valence-corrected chi connectivity index (χ0v) is 15.9. The maximum Gasteiger partial charge on any atom is 0.106 e. The van der Waals surface area contributed by atoms with E-state index in [0.717, 1.165) is 25.0 Å². The minimum Gasteiger partial charge on any atom is -0.399 e. The second-order valence-corrected chi connectivity index (χ2v) is 8.79. The highest BCUT2D eigenvalue weighted by Crippen LogP contribution is 2.53. The third kappa shape index (κ3) is 3.17. The van der Waals surface area contributed by atoms with Crippen molar-refractivity contribution in [2.75, 3.05) is 7.11 Å². The van der Waals surface area contributed by atoms with Gasteiger partial charge in [-0.1, -0.05) is 24.2 Å². The molecule has 0 saturated carbocycles. The van der Waals surface area contributed by atoms with Crippen LogP contribution in [0, 0.1) is 9.49 Å². The number of benzene rings is 1. The molecule has 0 amide bonds. The van der Waals surface area contributed by atoms with Crippen LogP contribution >= 0.6 is 34.4 Å². The Morgan fingerprint density at radius 2 is 2.09 bits per heavy atom. The molecule has 0 aromatic heterocycles. The van der Waals surface area contributed by atoms with Crippen LogP contribution in [0.4, 0.5) is 0 Å². The lowest BCUT2D eigenvalue weighted by molar-refractivity contribution is 0.162. The largest absolute Gasteiger partial charge is 0.399 e. The van der Waals surface area contributed by atoms with Crippen LogP contribution in [0.5, 0.6) is 0 Å². The van der Waals surface area contributed by atoms with Crippen molar-refractivity contribution < 1.29 is 9.94 Å². The summed E-state index contributed by atoms with van der Waals surface area (Å²) in [5, 5.41) is 15.6. The van der Waals surface area contributed by atoms with Crippen LogP contribution in [-0.4, -0.2) is 34.5 Å². The molecule has 0 radical (unpaired) electrons. The van der Waals surface area contributed by atoms with Gasteiger partial charge in [-0.15, -0.1) is 0 Å². The number of fused-ring (bicyclic) bond motifs is 2. The summed E-state index contributed by atoms with van der Waals surface area (Å²) in [4.78, 5) is 5.09. The summed E-state index contributed by atoms with van der Waals surface area (Å²) in [6.45, 7) is 2.13. The molecule has 2 aliphatic heterocycles. The molecule has 120 valence electrons. The van der Waals surface area contributed by atoms with Crippen molar-refractivity contribution in [3.8, 4) is 0 Å². The molecule has 5 heteroatoms. The first kappa shape index (κ1) is 16.6. The fourth-order valence-corrected chi connectivity index (χ4v) is 6.10. The first-order valence-electron chi connectivity index (χ1n) is 7.83. The van der Waals surface area contributed by atoms with Crippen LogP contribution in [-0.2, 0) is 4.84 Å². The van der Waals surface area contributed by atoms with Crippen molar-refractivity contribution in [1.82, 2.24) is 0 Å². The number of oxime groups is 1. The number of hydrogen-bond acceptors (Lipinski definition) is 4. The number of halogens is 1. The molecule has 3 rings (SSSR count). The average Bonchev–Trinajstić information content (AvgIpc) is 2.81. The van der Waals surface area contributed by atoms with Gasteiger partial charge in [0.25, 0.3) is 0 Å². The number of hydrogen-bond donors (Lipinski definition) is 1. The van der Waals surface area contributed by atoms with E-state index in [4.69, 9.17) is 4.84 Å². The van der Waals surface area contributed by atoms with Crippen molar-refractivity contribution in [2.24, 2.45) is 11.1 Å². The van der Waals surface area contributed by atoms with Gasteiger partial charge in [0.15, 0.2) is 0 Å². The van der Waals surface area contributed by atoms with Crippen LogP contribution in [0.15, 0.2) is 29.4 Å². The van der Waals surface area contributed by atoms with Gasteiger partial charge in [-0.2, -0.15) is 11.8 Å². The van der Waals surface area contributed by atoms with Gasteiger partial charge in [0.05, 0.1) is 11.8 Å². The summed E-state index contributed by atoms with van der Waals surface area (Å²) in [7, 11) is 1.61. The van der Waals surface area contributed by atoms with E-state index in [2.05, 4.69) is 58.9 Å². The third-order valence-electron chi connectivity index (χ3n) is 4.79. The van der Waals surface area contributed by atoms with E-state index in [1.165, 1.54) is 9.13 Å². The summed E-state index contributed by atoms with van der Waals surface area (Å²) in [5.74, 6) is 0.697. The maximum atomic E-state index is 10.5. The molecule has 2 saturated heterocycles. The van der Waals surface area contributed by atoms with Crippen molar-refractivity contribution in [3.63, 3.8) is 0 Å². The smallest absolute Gasteiger partial charge is 0.106 e. The summed E-state index contributed by atoms with van der Waals surface area (Å²) < 4.78 is 1.26. The molecule has 3 nitrogen and oxygen atoms in total. The highest BCUT2D eigenvalue weighted by molar-refractivity contribution is 14.1. The molecule has 0 spiro atoms. The fourth-order valence-electron chi connectivity index (χ4n) is 3.86. The third-order valence-corrected chi connectivity index (χ3v) is 7.20. The topological polar surface area (TPSA) is 41.8 Å². The Hall–Kier alpha value is -0.270. The van der Waals surface area contributed by atoms with Crippen LogP contribution in [0.25, 0.3) is 0 Å². The second-order valence-electron chi connectivity index (χ2n) is 6.06. The standard InChI is InChI=1S/C17H22INO2S/c1-3-14(19-21-2)16-13(10-4-6-11(18)7-5-10)8-12-9-15(20)17(16)22-12/h4-7,12-13,15-17,20H,3,8-9H2,1-2H3/t12?,13-,15?,16+,17-/m0/s1. The number of rotatable bonds is 4. The summed E-state index contributed by atoms with van der Waals surface area (Å²) in [6.07, 6.45) is 2.68. The van der Waals surface area contributed by atoms with E-state index in [9.17, 15) is 5.11 Å². The molecule has 2 unspecified atom stereocenters. The lowest BCUT2D eigenvalue weighted by Crippen LogP contribution is -2.38. The monoisotopic (exact) mass is 431 g/mol. The zero-order chi connectivity index (χ0) is 15.7. The molecule has 5 atom stereocenters. The van der Waals surface area contributed by atoms with Gasteiger partial charge in [-0.25, -0.2) is 0 Å². The Morgan fingerprint density at radius 3 is 2.73 bits per heavy atom. The van der Waals surface area contributed by atoms with Gasteiger partial charge in [0, 0.05) is 20.0 Å².